The van der Waals surface area contributed by atoms with Gasteiger partial charge in [0, 0.05) is 17.6 Å². The lowest BCUT2D eigenvalue weighted by Crippen LogP contribution is -2.38. The van der Waals surface area contributed by atoms with Gasteiger partial charge in [-0.15, -0.1) is 0 Å². The molecule has 0 saturated carbocycles. The molecule has 1 aliphatic rings. The minimum absolute atomic E-state index is 0.249. The van der Waals surface area contributed by atoms with E-state index in [1.165, 1.54) is 19.3 Å². The van der Waals surface area contributed by atoms with E-state index < -0.39 is 5.97 Å². The summed E-state index contributed by atoms with van der Waals surface area (Å²) < 4.78 is 0. The van der Waals surface area contributed by atoms with Gasteiger partial charge < -0.3 is 5.11 Å². The third kappa shape index (κ3) is 3.48. The first kappa shape index (κ1) is 14.4. The van der Waals surface area contributed by atoms with E-state index in [1.807, 2.05) is 6.07 Å². The first-order valence-electron chi connectivity index (χ1n) is 6.87. The molecule has 1 aromatic rings. The molecule has 1 fully saturated rings. The Morgan fingerprint density at radius 2 is 2.26 bits per heavy atom. The van der Waals surface area contributed by atoms with E-state index >= 15 is 0 Å². The number of halogens is 1. The Hall–Kier alpha value is -1.06. The van der Waals surface area contributed by atoms with E-state index in [1.54, 1.807) is 12.1 Å². The molecule has 0 radical (unpaired) electrons. The largest absolute Gasteiger partial charge is 0.478 e. The van der Waals surface area contributed by atoms with Gasteiger partial charge in [-0.3, -0.25) is 4.90 Å². The minimum Gasteiger partial charge on any atom is -0.478 e. The highest BCUT2D eigenvalue weighted by atomic mass is 35.5. The lowest BCUT2D eigenvalue weighted by Gasteiger charge is -2.35. The fraction of sp³-hybridized carbons (Fsp3) is 0.533. The maximum Gasteiger partial charge on any atom is 0.335 e. The number of benzene rings is 1. The normalized spacial score (nSPS) is 20.4. The fourth-order valence-corrected chi connectivity index (χ4v) is 3.00. The van der Waals surface area contributed by atoms with Crippen LogP contribution in [-0.4, -0.2) is 28.6 Å². The van der Waals surface area contributed by atoms with Crippen molar-refractivity contribution in [3.05, 3.63) is 34.3 Å². The molecule has 3 nitrogen and oxygen atoms in total. The Bertz CT molecular complexity index is 461. The predicted molar refractivity (Wildman–Crippen MR) is 76.8 cm³/mol. The van der Waals surface area contributed by atoms with Crippen LogP contribution in [0.5, 0.6) is 0 Å². The van der Waals surface area contributed by atoms with Gasteiger partial charge in [-0.25, -0.2) is 4.79 Å². The van der Waals surface area contributed by atoms with Gasteiger partial charge in [0.15, 0.2) is 0 Å². The van der Waals surface area contributed by atoms with E-state index in [-0.39, 0.29) is 5.56 Å². The van der Waals surface area contributed by atoms with Crippen LogP contribution in [0.4, 0.5) is 0 Å². The summed E-state index contributed by atoms with van der Waals surface area (Å²) in [6, 6.07) is 5.65. The quantitative estimate of drug-likeness (QED) is 0.912. The molecule has 19 heavy (non-hydrogen) atoms. The second-order valence-electron chi connectivity index (χ2n) is 5.14. The highest BCUT2D eigenvalue weighted by molar-refractivity contribution is 6.31. The number of carbonyl (C=O) groups is 1. The number of aromatic carboxylic acids is 1. The summed E-state index contributed by atoms with van der Waals surface area (Å²) in [6.45, 7) is 4.14. The van der Waals surface area contributed by atoms with Crippen molar-refractivity contribution in [3.8, 4) is 0 Å². The molecule has 0 aromatic heterocycles. The molecule has 1 unspecified atom stereocenters. The lowest BCUT2D eigenvalue weighted by atomic mass is 9.99. The Labute approximate surface area is 119 Å². The number of hydrogen-bond donors (Lipinski definition) is 1. The summed E-state index contributed by atoms with van der Waals surface area (Å²) in [7, 11) is 0. The van der Waals surface area contributed by atoms with E-state index in [9.17, 15) is 4.79 Å². The highest BCUT2D eigenvalue weighted by Gasteiger charge is 2.21. The minimum atomic E-state index is -0.933. The van der Waals surface area contributed by atoms with Crippen molar-refractivity contribution in [3.63, 3.8) is 0 Å². The molecule has 0 amide bonds. The van der Waals surface area contributed by atoms with E-state index in [0.717, 1.165) is 25.1 Å². The van der Waals surface area contributed by atoms with Crippen LogP contribution in [0.3, 0.4) is 0 Å². The smallest absolute Gasteiger partial charge is 0.335 e. The summed E-state index contributed by atoms with van der Waals surface area (Å²) in [5.74, 6) is -0.933. The molecular formula is C15H20ClNO2. The van der Waals surface area contributed by atoms with Gasteiger partial charge in [-0.05, 0) is 43.5 Å². The third-order valence-corrected chi connectivity index (χ3v) is 4.25. The molecule has 0 aliphatic carbocycles. The number of piperidine rings is 1. The number of likely N-dealkylation sites (tertiary alicyclic amines) is 1. The molecule has 1 N–H and O–H groups in total. The Kier molecular flexibility index (Phi) is 4.83. The maximum absolute atomic E-state index is 10.9. The van der Waals surface area contributed by atoms with Crippen LogP contribution < -0.4 is 0 Å². The monoisotopic (exact) mass is 281 g/mol. The van der Waals surface area contributed by atoms with Crippen molar-refractivity contribution in [2.24, 2.45) is 0 Å². The summed E-state index contributed by atoms with van der Waals surface area (Å²) in [5.41, 5.74) is 1.27. The first-order chi connectivity index (χ1) is 9.11. The van der Waals surface area contributed by atoms with Crippen molar-refractivity contribution in [1.29, 1.82) is 0 Å². The third-order valence-electron chi connectivity index (χ3n) is 3.89. The van der Waals surface area contributed by atoms with Crippen LogP contribution >= 0.6 is 11.6 Å². The van der Waals surface area contributed by atoms with E-state index in [4.69, 9.17) is 16.7 Å². The number of hydrogen-bond acceptors (Lipinski definition) is 2. The molecule has 1 heterocycles. The van der Waals surface area contributed by atoms with Crippen LogP contribution in [0.2, 0.25) is 5.02 Å². The van der Waals surface area contributed by atoms with Crippen molar-refractivity contribution in [2.45, 2.75) is 45.2 Å². The average molecular weight is 282 g/mol. The summed E-state index contributed by atoms with van der Waals surface area (Å²) in [5, 5.41) is 9.49. The van der Waals surface area contributed by atoms with Crippen LogP contribution in [0, 0.1) is 0 Å². The SMILES string of the molecule is CCC1CCCCN1Cc1ccc(C(=O)O)cc1Cl. The van der Waals surface area contributed by atoms with Gasteiger partial charge in [0.1, 0.15) is 0 Å². The van der Waals surface area contributed by atoms with Crippen LogP contribution in [-0.2, 0) is 6.54 Å². The molecule has 1 aliphatic heterocycles. The van der Waals surface area contributed by atoms with Crippen molar-refractivity contribution in [2.75, 3.05) is 6.54 Å². The molecule has 1 saturated heterocycles. The van der Waals surface area contributed by atoms with E-state index in [0.29, 0.717) is 11.1 Å². The van der Waals surface area contributed by atoms with Gasteiger partial charge in [0.2, 0.25) is 0 Å². The number of rotatable bonds is 4. The molecule has 104 valence electrons. The van der Waals surface area contributed by atoms with Gasteiger partial charge in [0.05, 0.1) is 5.56 Å². The lowest BCUT2D eigenvalue weighted by molar-refractivity contribution is 0.0697. The fourth-order valence-electron chi connectivity index (χ4n) is 2.76. The van der Waals surface area contributed by atoms with E-state index in [2.05, 4.69) is 11.8 Å². The Balaban J connectivity index is 2.11. The standard InChI is InChI=1S/C15H20ClNO2/c1-2-13-5-3-4-8-17(13)10-12-7-6-11(15(18)19)9-14(12)16/h6-7,9,13H,2-5,8,10H2,1H3,(H,18,19). The number of carboxylic acids is 1. The van der Waals surface area contributed by atoms with Gasteiger partial charge in [0.25, 0.3) is 0 Å². The molecular weight excluding hydrogens is 262 g/mol. The molecule has 0 bridgehead atoms. The summed E-state index contributed by atoms with van der Waals surface area (Å²) >= 11 is 6.19. The van der Waals surface area contributed by atoms with Crippen molar-refractivity contribution >= 4 is 17.6 Å². The second-order valence-corrected chi connectivity index (χ2v) is 5.55. The zero-order valence-electron chi connectivity index (χ0n) is 11.2. The zero-order valence-corrected chi connectivity index (χ0v) is 12.0. The van der Waals surface area contributed by atoms with Crippen LogP contribution in [0.1, 0.15) is 48.5 Å². The van der Waals surface area contributed by atoms with Gasteiger partial charge in [-0.1, -0.05) is 31.0 Å². The number of carboxylic acid groups (broad SMARTS) is 1. The van der Waals surface area contributed by atoms with Crippen molar-refractivity contribution in [1.82, 2.24) is 4.90 Å². The number of nitrogens with zero attached hydrogens (tertiary/aromatic N) is 1. The molecule has 0 spiro atoms. The molecule has 1 atom stereocenters. The Morgan fingerprint density at radius 3 is 2.89 bits per heavy atom. The van der Waals surface area contributed by atoms with Crippen molar-refractivity contribution < 1.29 is 9.90 Å². The highest BCUT2D eigenvalue weighted by Crippen LogP contribution is 2.25. The predicted octanol–water partition coefficient (Wildman–Crippen LogP) is 3.80. The summed E-state index contributed by atoms with van der Waals surface area (Å²) in [6.07, 6.45) is 4.95. The first-order valence-corrected chi connectivity index (χ1v) is 7.25. The van der Waals surface area contributed by atoms with Gasteiger partial charge >= 0.3 is 5.97 Å². The molecule has 2 rings (SSSR count). The zero-order chi connectivity index (χ0) is 13.8. The van der Waals surface area contributed by atoms with Crippen LogP contribution in [0.15, 0.2) is 18.2 Å². The maximum atomic E-state index is 10.9. The van der Waals surface area contributed by atoms with Crippen LogP contribution in [0.25, 0.3) is 0 Å². The topological polar surface area (TPSA) is 40.5 Å². The average Bonchev–Trinajstić information content (AvgIpc) is 2.41. The Morgan fingerprint density at radius 1 is 1.47 bits per heavy atom. The second kappa shape index (κ2) is 6.40. The molecule has 1 aromatic carbocycles. The van der Waals surface area contributed by atoms with Gasteiger partial charge in [-0.2, -0.15) is 0 Å². The molecule has 4 heteroatoms. The summed E-state index contributed by atoms with van der Waals surface area (Å²) in [4.78, 5) is 13.3.